The van der Waals surface area contributed by atoms with Crippen LogP contribution in [0.25, 0.3) is 0 Å². The first kappa shape index (κ1) is 20.4. The van der Waals surface area contributed by atoms with Crippen LogP contribution in [0.15, 0.2) is 12.1 Å². The van der Waals surface area contributed by atoms with E-state index in [4.69, 9.17) is 19.9 Å². The van der Waals surface area contributed by atoms with Crippen molar-refractivity contribution in [3.05, 3.63) is 17.7 Å². The number of carbonyl (C=O) groups excluding carboxylic acids is 1. The lowest BCUT2D eigenvalue weighted by atomic mass is 9.92. The average molecular weight is 359 g/mol. The Balaban J connectivity index is 0.00000288. The van der Waals surface area contributed by atoms with Gasteiger partial charge in [0.05, 0.1) is 21.3 Å². The van der Waals surface area contributed by atoms with Crippen molar-refractivity contribution in [1.29, 1.82) is 0 Å². The number of piperidine rings is 1. The highest BCUT2D eigenvalue weighted by Gasteiger charge is 2.27. The highest BCUT2D eigenvalue weighted by Crippen LogP contribution is 2.38. The van der Waals surface area contributed by atoms with Gasteiger partial charge in [0.25, 0.3) is 5.91 Å². The predicted molar refractivity (Wildman–Crippen MR) is 95.6 cm³/mol. The van der Waals surface area contributed by atoms with E-state index in [0.717, 1.165) is 19.4 Å². The molecule has 24 heavy (non-hydrogen) atoms. The van der Waals surface area contributed by atoms with E-state index in [1.807, 2.05) is 11.8 Å². The molecule has 7 heteroatoms. The molecule has 2 N–H and O–H groups in total. The molecule has 1 amide bonds. The number of hydrogen-bond donors (Lipinski definition) is 1. The Morgan fingerprint density at radius 3 is 2.25 bits per heavy atom. The molecule has 0 spiro atoms. The molecule has 1 heterocycles. The Morgan fingerprint density at radius 2 is 1.79 bits per heavy atom. The molecule has 1 saturated heterocycles. The first-order chi connectivity index (χ1) is 11.0. The van der Waals surface area contributed by atoms with Crippen molar-refractivity contribution in [2.24, 2.45) is 11.7 Å². The first-order valence-corrected chi connectivity index (χ1v) is 7.86. The van der Waals surface area contributed by atoms with Gasteiger partial charge >= 0.3 is 0 Å². The fraction of sp³-hybridized carbons (Fsp3) is 0.588. The normalized spacial score (nSPS) is 18.4. The third-order valence-electron chi connectivity index (χ3n) is 4.40. The molecule has 0 radical (unpaired) electrons. The van der Waals surface area contributed by atoms with Gasteiger partial charge < -0.3 is 24.8 Å². The Bertz CT molecular complexity index is 541. The first-order valence-electron chi connectivity index (χ1n) is 7.86. The molecule has 1 aromatic rings. The van der Waals surface area contributed by atoms with Crippen LogP contribution in [0.1, 0.15) is 30.1 Å². The molecule has 6 nitrogen and oxygen atoms in total. The maximum absolute atomic E-state index is 12.8. The molecule has 2 rings (SSSR count). The molecule has 1 aromatic carbocycles. The van der Waals surface area contributed by atoms with Crippen LogP contribution in [-0.4, -0.2) is 51.3 Å². The van der Waals surface area contributed by atoms with E-state index >= 15 is 0 Å². The number of nitrogens with zero attached hydrogens (tertiary/aromatic N) is 1. The number of nitrogens with two attached hydrogens (primary N) is 1. The van der Waals surface area contributed by atoms with Crippen LogP contribution in [0.5, 0.6) is 17.2 Å². The minimum Gasteiger partial charge on any atom is -0.493 e. The van der Waals surface area contributed by atoms with Gasteiger partial charge in [-0.25, -0.2) is 0 Å². The van der Waals surface area contributed by atoms with Crippen LogP contribution in [0, 0.1) is 5.92 Å². The van der Waals surface area contributed by atoms with Crippen LogP contribution in [0.3, 0.4) is 0 Å². The second-order valence-corrected chi connectivity index (χ2v) is 5.93. The van der Waals surface area contributed by atoms with Crippen molar-refractivity contribution in [3.8, 4) is 17.2 Å². The van der Waals surface area contributed by atoms with Gasteiger partial charge in [-0.1, -0.05) is 0 Å². The van der Waals surface area contributed by atoms with E-state index in [2.05, 4.69) is 0 Å². The maximum Gasteiger partial charge on any atom is 0.254 e. The van der Waals surface area contributed by atoms with Crippen LogP contribution in [0.4, 0.5) is 0 Å². The Labute approximate surface area is 149 Å². The number of likely N-dealkylation sites (tertiary alicyclic amines) is 1. The number of rotatable bonds is 5. The standard InChI is InChI=1S/C17H26N2O4.ClH/c1-11(18)12-6-5-7-19(10-12)17(20)13-8-14(21-2)16(23-4)15(9-13)22-3;/h8-9,11-12H,5-7,10,18H2,1-4H3;1H. The van der Waals surface area contributed by atoms with E-state index in [9.17, 15) is 4.79 Å². The maximum atomic E-state index is 12.8. The van der Waals surface area contributed by atoms with E-state index in [1.54, 1.807) is 33.5 Å². The van der Waals surface area contributed by atoms with E-state index < -0.39 is 0 Å². The van der Waals surface area contributed by atoms with Gasteiger partial charge in [-0.15, -0.1) is 12.4 Å². The summed E-state index contributed by atoms with van der Waals surface area (Å²) >= 11 is 0. The zero-order chi connectivity index (χ0) is 17.0. The van der Waals surface area contributed by atoms with Crippen molar-refractivity contribution in [3.63, 3.8) is 0 Å². The molecule has 1 aliphatic heterocycles. The van der Waals surface area contributed by atoms with Crippen LogP contribution < -0.4 is 19.9 Å². The monoisotopic (exact) mass is 358 g/mol. The lowest BCUT2D eigenvalue weighted by molar-refractivity contribution is 0.0660. The molecule has 2 atom stereocenters. The van der Waals surface area contributed by atoms with Crippen molar-refractivity contribution < 1.29 is 19.0 Å². The van der Waals surface area contributed by atoms with Gasteiger partial charge in [-0.2, -0.15) is 0 Å². The summed E-state index contributed by atoms with van der Waals surface area (Å²) in [6, 6.07) is 3.48. The average Bonchev–Trinajstić information content (AvgIpc) is 2.59. The largest absolute Gasteiger partial charge is 0.493 e. The van der Waals surface area contributed by atoms with Crippen molar-refractivity contribution in [2.45, 2.75) is 25.8 Å². The summed E-state index contributed by atoms with van der Waals surface area (Å²) in [6.45, 7) is 3.43. The van der Waals surface area contributed by atoms with Crippen LogP contribution in [-0.2, 0) is 0 Å². The topological polar surface area (TPSA) is 74.0 Å². The van der Waals surface area contributed by atoms with E-state index in [0.29, 0.717) is 35.3 Å². The lowest BCUT2D eigenvalue weighted by Gasteiger charge is -2.34. The number of halogens is 1. The fourth-order valence-electron chi connectivity index (χ4n) is 3.01. The third kappa shape index (κ3) is 4.24. The smallest absolute Gasteiger partial charge is 0.254 e. The Hall–Kier alpha value is -1.66. The number of carbonyl (C=O) groups is 1. The van der Waals surface area contributed by atoms with Gasteiger partial charge in [0.1, 0.15) is 0 Å². The zero-order valence-corrected chi connectivity index (χ0v) is 15.5. The molecule has 0 aliphatic carbocycles. The van der Waals surface area contributed by atoms with Crippen molar-refractivity contribution >= 4 is 18.3 Å². The molecule has 1 fully saturated rings. The fourth-order valence-corrected chi connectivity index (χ4v) is 3.01. The van der Waals surface area contributed by atoms with Crippen molar-refractivity contribution in [1.82, 2.24) is 4.90 Å². The number of amides is 1. The quantitative estimate of drug-likeness (QED) is 0.874. The van der Waals surface area contributed by atoms with Gasteiger partial charge in [-0.3, -0.25) is 4.79 Å². The molecular formula is C17H27ClN2O4. The number of hydrogen-bond acceptors (Lipinski definition) is 5. The molecule has 136 valence electrons. The summed E-state index contributed by atoms with van der Waals surface area (Å²) in [5.41, 5.74) is 6.54. The van der Waals surface area contributed by atoms with E-state index in [1.165, 1.54) is 0 Å². The number of benzene rings is 1. The minimum atomic E-state index is -0.0328. The molecule has 2 unspecified atom stereocenters. The number of methoxy groups -OCH3 is 3. The summed E-state index contributed by atoms with van der Waals surface area (Å²) in [7, 11) is 4.62. The predicted octanol–water partition coefficient (Wildman–Crippen LogP) is 2.33. The second kappa shape index (κ2) is 8.99. The van der Waals surface area contributed by atoms with Crippen LogP contribution in [0.2, 0.25) is 0 Å². The minimum absolute atomic E-state index is 0. The summed E-state index contributed by atoms with van der Waals surface area (Å²) in [5.74, 6) is 1.76. The zero-order valence-electron chi connectivity index (χ0n) is 14.7. The van der Waals surface area contributed by atoms with Gasteiger partial charge in [0.2, 0.25) is 5.75 Å². The lowest BCUT2D eigenvalue weighted by Crippen LogP contribution is -2.45. The molecule has 0 aromatic heterocycles. The SMILES string of the molecule is COc1cc(C(=O)N2CCCC(C(C)N)C2)cc(OC)c1OC.Cl. The summed E-state index contributed by atoms with van der Waals surface area (Å²) < 4.78 is 15.9. The third-order valence-corrected chi connectivity index (χ3v) is 4.40. The second-order valence-electron chi connectivity index (χ2n) is 5.93. The molecule has 0 bridgehead atoms. The summed E-state index contributed by atoms with van der Waals surface area (Å²) in [4.78, 5) is 14.7. The van der Waals surface area contributed by atoms with Crippen LogP contribution >= 0.6 is 12.4 Å². The molecular weight excluding hydrogens is 332 g/mol. The highest BCUT2D eigenvalue weighted by molar-refractivity contribution is 5.95. The van der Waals surface area contributed by atoms with Crippen molar-refractivity contribution in [2.75, 3.05) is 34.4 Å². The van der Waals surface area contributed by atoms with E-state index in [-0.39, 0.29) is 24.4 Å². The molecule has 1 aliphatic rings. The highest BCUT2D eigenvalue weighted by atomic mass is 35.5. The Kier molecular flexibility index (Phi) is 7.63. The Morgan fingerprint density at radius 1 is 1.21 bits per heavy atom. The number of ether oxygens (including phenoxy) is 3. The van der Waals surface area contributed by atoms with Gasteiger partial charge in [-0.05, 0) is 37.8 Å². The molecule has 0 saturated carbocycles. The van der Waals surface area contributed by atoms with Gasteiger partial charge in [0.15, 0.2) is 11.5 Å². The van der Waals surface area contributed by atoms with Gasteiger partial charge in [0, 0.05) is 24.7 Å². The summed E-state index contributed by atoms with van der Waals surface area (Å²) in [6.07, 6.45) is 2.04. The summed E-state index contributed by atoms with van der Waals surface area (Å²) in [5, 5.41) is 0.